The van der Waals surface area contributed by atoms with Gasteiger partial charge in [-0.25, -0.2) is 5.06 Å². The van der Waals surface area contributed by atoms with E-state index in [-0.39, 0.29) is 19.1 Å². The summed E-state index contributed by atoms with van der Waals surface area (Å²) in [5.41, 5.74) is 1.62. The minimum absolute atomic E-state index is 0.180. The molecule has 2 aliphatic rings. The molecule has 90 valence electrons. The average molecular weight is 235 g/mol. The second-order valence-corrected chi connectivity index (χ2v) is 4.24. The molecule has 0 bridgehead atoms. The maximum atomic E-state index is 12.0. The van der Waals surface area contributed by atoms with Crippen LogP contribution < -0.4 is 4.74 Å². The number of hydrogen-bond acceptors (Lipinski definition) is 4. The van der Waals surface area contributed by atoms with Crippen LogP contribution in [0.3, 0.4) is 0 Å². The lowest BCUT2D eigenvalue weighted by atomic mass is 10.1. The molecule has 2 aliphatic heterocycles. The molecule has 1 saturated heterocycles. The Balaban J connectivity index is 1.82. The molecule has 17 heavy (non-hydrogen) atoms. The van der Waals surface area contributed by atoms with Crippen LogP contribution in [0.5, 0.6) is 5.75 Å². The first-order chi connectivity index (χ1) is 8.24. The molecule has 5 heteroatoms. The number of benzene rings is 1. The second kappa shape index (κ2) is 4.01. The van der Waals surface area contributed by atoms with E-state index in [1.807, 2.05) is 12.1 Å². The van der Waals surface area contributed by atoms with Crippen molar-refractivity contribution in [1.82, 2.24) is 5.06 Å². The number of rotatable bonds is 1. The quantitative estimate of drug-likeness (QED) is 0.764. The monoisotopic (exact) mass is 235 g/mol. The Bertz CT molecular complexity index is 460. The summed E-state index contributed by atoms with van der Waals surface area (Å²) in [5, 5.41) is 10.5. The van der Waals surface area contributed by atoms with Crippen LogP contribution in [0.2, 0.25) is 0 Å². The van der Waals surface area contributed by atoms with Gasteiger partial charge in [0.05, 0.1) is 13.2 Å². The molecule has 1 atom stereocenters. The maximum absolute atomic E-state index is 12.0. The van der Waals surface area contributed by atoms with Gasteiger partial charge in [0, 0.05) is 12.0 Å². The Morgan fingerprint density at radius 3 is 3.12 bits per heavy atom. The summed E-state index contributed by atoms with van der Waals surface area (Å²) in [6.45, 7) is 1.08. The predicted molar refractivity (Wildman–Crippen MR) is 58.6 cm³/mol. The second-order valence-electron chi connectivity index (χ2n) is 4.24. The third kappa shape index (κ3) is 1.87. The van der Waals surface area contributed by atoms with Crippen molar-refractivity contribution in [3.05, 3.63) is 29.3 Å². The number of carbonyl (C=O) groups excluding carboxylic acids is 1. The van der Waals surface area contributed by atoms with Crippen molar-refractivity contribution >= 4 is 5.91 Å². The van der Waals surface area contributed by atoms with E-state index in [1.54, 1.807) is 6.07 Å². The third-order valence-corrected chi connectivity index (χ3v) is 2.96. The maximum Gasteiger partial charge on any atom is 0.277 e. The highest BCUT2D eigenvalue weighted by Crippen LogP contribution is 2.26. The van der Waals surface area contributed by atoms with Crippen molar-refractivity contribution in [3.8, 4) is 5.75 Å². The highest BCUT2D eigenvalue weighted by Gasteiger charge is 2.27. The SMILES string of the molecule is O=C(c1ccc2c(c1)CCO2)N1C[C@@H](O)CO1. The Morgan fingerprint density at radius 2 is 2.35 bits per heavy atom. The standard InChI is InChI=1S/C12H13NO4/c14-10-6-13(17-7-10)12(15)9-1-2-11-8(5-9)3-4-16-11/h1-2,5,10,14H,3-4,6-7H2/t10-/m1/s1. The van der Waals surface area contributed by atoms with Crippen LogP contribution in [0.1, 0.15) is 15.9 Å². The van der Waals surface area contributed by atoms with E-state index in [0.29, 0.717) is 12.2 Å². The number of hydrogen-bond donors (Lipinski definition) is 1. The summed E-state index contributed by atoms with van der Waals surface area (Å²) in [7, 11) is 0. The Kier molecular flexibility index (Phi) is 2.49. The zero-order chi connectivity index (χ0) is 11.8. The fourth-order valence-corrected chi connectivity index (χ4v) is 2.08. The van der Waals surface area contributed by atoms with Gasteiger partial charge in [0.1, 0.15) is 18.5 Å². The van der Waals surface area contributed by atoms with E-state index >= 15 is 0 Å². The largest absolute Gasteiger partial charge is 0.493 e. The molecular formula is C12H13NO4. The summed E-state index contributed by atoms with van der Waals surface area (Å²) in [6, 6.07) is 5.36. The van der Waals surface area contributed by atoms with Crippen LogP contribution in [-0.4, -0.2) is 41.9 Å². The van der Waals surface area contributed by atoms with Crippen molar-refractivity contribution in [2.75, 3.05) is 19.8 Å². The van der Waals surface area contributed by atoms with Crippen LogP contribution in [0, 0.1) is 0 Å². The van der Waals surface area contributed by atoms with Gasteiger partial charge in [0.2, 0.25) is 0 Å². The van der Waals surface area contributed by atoms with Crippen LogP contribution in [0.4, 0.5) is 0 Å². The van der Waals surface area contributed by atoms with E-state index in [4.69, 9.17) is 9.57 Å². The minimum Gasteiger partial charge on any atom is -0.493 e. The van der Waals surface area contributed by atoms with E-state index in [1.165, 1.54) is 5.06 Å². The molecule has 1 aromatic carbocycles. The molecule has 0 saturated carbocycles. The molecule has 0 unspecified atom stereocenters. The van der Waals surface area contributed by atoms with Crippen LogP contribution in [-0.2, 0) is 11.3 Å². The van der Waals surface area contributed by atoms with E-state index in [2.05, 4.69) is 0 Å². The molecule has 0 spiro atoms. The minimum atomic E-state index is -0.586. The lowest BCUT2D eigenvalue weighted by Gasteiger charge is -2.14. The van der Waals surface area contributed by atoms with Gasteiger partial charge in [0.15, 0.2) is 0 Å². The van der Waals surface area contributed by atoms with Gasteiger partial charge in [-0.15, -0.1) is 0 Å². The van der Waals surface area contributed by atoms with Gasteiger partial charge in [-0.1, -0.05) is 0 Å². The summed E-state index contributed by atoms with van der Waals surface area (Å²) >= 11 is 0. The normalized spacial score (nSPS) is 22.4. The number of ether oxygens (including phenoxy) is 1. The molecule has 1 amide bonds. The van der Waals surface area contributed by atoms with Crippen molar-refractivity contribution in [1.29, 1.82) is 0 Å². The third-order valence-electron chi connectivity index (χ3n) is 2.96. The summed E-state index contributed by atoms with van der Waals surface area (Å²) in [4.78, 5) is 17.1. The molecule has 1 fully saturated rings. The average Bonchev–Trinajstić information content (AvgIpc) is 2.95. The van der Waals surface area contributed by atoms with E-state index in [0.717, 1.165) is 17.7 Å². The number of hydroxylamine groups is 2. The topological polar surface area (TPSA) is 59.0 Å². The lowest BCUT2D eigenvalue weighted by Crippen LogP contribution is -2.28. The molecule has 3 rings (SSSR count). The number of β-amino-alcohol motifs (C(OH)–C–C–N with tert-alkyl or cyclic N) is 1. The Labute approximate surface area is 98.5 Å². The summed E-state index contributed by atoms with van der Waals surface area (Å²) in [5.74, 6) is 0.639. The van der Waals surface area contributed by atoms with Gasteiger partial charge in [0.25, 0.3) is 5.91 Å². The van der Waals surface area contributed by atoms with Gasteiger partial charge in [-0.3, -0.25) is 9.63 Å². The highest BCUT2D eigenvalue weighted by molar-refractivity contribution is 5.94. The van der Waals surface area contributed by atoms with Crippen molar-refractivity contribution in [2.24, 2.45) is 0 Å². The fourth-order valence-electron chi connectivity index (χ4n) is 2.08. The molecule has 0 aromatic heterocycles. The van der Waals surface area contributed by atoms with Crippen LogP contribution >= 0.6 is 0 Å². The van der Waals surface area contributed by atoms with Gasteiger partial charge >= 0.3 is 0 Å². The zero-order valence-electron chi connectivity index (χ0n) is 9.26. The van der Waals surface area contributed by atoms with Crippen LogP contribution in [0.25, 0.3) is 0 Å². The Hall–Kier alpha value is -1.59. The summed E-state index contributed by atoms with van der Waals surface area (Å²) < 4.78 is 5.38. The first kappa shape index (κ1) is 10.6. The number of fused-ring (bicyclic) bond motifs is 1. The molecule has 1 N–H and O–H groups in total. The fraction of sp³-hybridized carbons (Fsp3) is 0.417. The number of amides is 1. The zero-order valence-corrected chi connectivity index (χ0v) is 9.26. The smallest absolute Gasteiger partial charge is 0.277 e. The molecule has 0 aliphatic carbocycles. The molecular weight excluding hydrogens is 222 g/mol. The predicted octanol–water partition coefficient (Wildman–Crippen LogP) is 0.370. The van der Waals surface area contributed by atoms with Crippen molar-refractivity contribution in [3.63, 3.8) is 0 Å². The molecule has 5 nitrogen and oxygen atoms in total. The van der Waals surface area contributed by atoms with Gasteiger partial charge in [-0.05, 0) is 23.8 Å². The van der Waals surface area contributed by atoms with E-state index < -0.39 is 6.10 Å². The first-order valence-corrected chi connectivity index (χ1v) is 5.62. The Morgan fingerprint density at radius 1 is 1.47 bits per heavy atom. The van der Waals surface area contributed by atoms with Crippen molar-refractivity contribution < 1.29 is 19.5 Å². The molecule has 1 aromatic rings. The number of aliphatic hydroxyl groups is 1. The molecule has 0 radical (unpaired) electrons. The first-order valence-electron chi connectivity index (χ1n) is 5.62. The van der Waals surface area contributed by atoms with Crippen LogP contribution in [0.15, 0.2) is 18.2 Å². The van der Waals surface area contributed by atoms with E-state index in [9.17, 15) is 9.90 Å². The van der Waals surface area contributed by atoms with Gasteiger partial charge in [-0.2, -0.15) is 0 Å². The number of aliphatic hydroxyl groups excluding tert-OH is 1. The highest BCUT2D eigenvalue weighted by atomic mass is 16.7. The summed E-state index contributed by atoms with van der Waals surface area (Å²) in [6.07, 6.45) is 0.247. The van der Waals surface area contributed by atoms with Gasteiger partial charge < -0.3 is 9.84 Å². The lowest BCUT2D eigenvalue weighted by molar-refractivity contribution is -0.0779. The molecule has 2 heterocycles. The number of nitrogens with zero attached hydrogens (tertiary/aromatic N) is 1. The van der Waals surface area contributed by atoms with Crippen molar-refractivity contribution in [2.45, 2.75) is 12.5 Å². The number of carbonyl (C=O) groups is 1.